The molecule has 0 spiro atoms. The van der Waals surface area contributed by atoms with Gasteiger partial charge in [-0.25, -0.2) is 0 Å². The predicted octanol–water partition coefficient (Wildman–Crippen LogP) is -2.02. The molecule has 0 rings (SSSR count). The van der Waals surface area contributed by atoms with E-state index in [9.17, 15) is 9.59 Å². The fourth-order valence-electron chi connectivity index (χ4n) is 1.00. The maximum absolute atomic E-state index is 11.1. The lowest BCUT2D eigenvalue weighted by Crippen LogP contribution is -2.49. The molecule has 2 amide bonds. The highest BCUT2D eigenvalue weighted by Crippen LogP contribution is 2.08. The molecule has 15 heavy (non-hydrogen) atoms. The van der Waals surface area contributed by atoms with Gasteiger partial charge in [0.05, 0.1) is 0 Å². The van der Waals surface area contributed by atoms with E-state index in [4.69, 9.17) is 21.1 Å². The van der Waals surface area contributed by atoms with E-state index in [2.05, 4.69) is 0 Å². The SMILES string of the molecule is CC(CCCC(N)=O)C(=O)NC(O)(O)O. The van der Waals surface area contributed by atoms with Crippen molar-refractivity contribution in [3.63, 3.8) is 0 Å². The van der Waals surface area contributed by atoms with E-state index in [-0.39, 0.29) is 6.42 Å². The van der Waals surface area contributed by atoms with Crippen LogP contribution in [-0.4, -0.2) is 33.2 Å². The molecule has 6 N–H and O–H groups in total. The monoisotopic (exact) mass is 220 g/mol. The van der Waals surface area contributed by atoms with Gasteiger partial charge in [-0.1, -0.05) is 6.92 Å². The second-order valence-corrected chi connectivity index (χ2v) is 3.38. The first-order valence-electron chi connectivity index (χ1n) is 4.50. The molecule has 0 aliphatic carbocycles. The van der Waals surface area contributed by atoms with E-state index in [1.54, 1.807) is 5.32 Å². The quantitative estimate of drug-likeness (QED) is 0.330. The summed E-state index contributed by atoms with van der Waals surface area (Å²) in [5.41, 5.74) is 4.90. The Bertz CT molecular complexity index is 236. The molecule has 0 radical (unpaired) electrons. The zero-order valence-electron chi connectivity index (χ0n) is 8.43. The highest BCUT2D eigenvalue weighted by molar-refractivity contribution is 5.78. The van der Waals surface area contributed by atoms with Gasteiger partial charge < -0.3 is 21.1 Å². The smallest absolute Gasteiger partial charge is 0.369 e. The molecular weight excluding hydrogens is 204 g/mol. The van der Waals surface area contributed by atoms with Gasteiger partial charge in [-0.05, 0) is 12.8 Å². The van der Waals surface area contributed by atoms with Crippen LogP contribution < -0.4 is 11.1 Å². The van der Waals surface area contributed by atoms with Crippen LogP contribution in [0.1, 0.15) is 26.2 Å². The summed E-state index contributed by atoms with van der Waals surface area (Å²) in [4.78, 5) is 21.5. The lowest BCUT2D eigenvalue weighted by molar-refractivity contribution is -0.326. The molecule has 0 aromatic carbocycles. The van der Waals surface area contributed by atoms with E-state index >= 15 is 0 Å². The lowest BCUT2D eigenvalue weighted by atomic mass is 10.0. The molecular formula is C8H16N2O5. The number of nitrogens with one attached hydrogen (secondary N) is 1. The van der Waals surface area contributed by atoms with E-state index in [0.29, 0.717) is 12.8 Å². The fourth-order valence-corrected chi connectivity index (χ4v) is 1.00. The largest absolute Gasteiger partial charge is 0.370 e. The van der Waals surface area contributed by atoms with Crippen molar-refractivity contribution < 1.29 is 24.9 Å². The number of carbonyl (C=O) groups excluding carboxylic acids is 2. The summed E-state index contributed by atoms with van der Waals surface area (Å²) < 4.78 is 0. The Morgan fingerprint density at radius 2 is 1.93 bits per heavy atom. The van der Waals surface area contributed by atoms with Gasteiger partial charge in [0.2, 0.25) is 11.8 Å². The number of primary amides is 1. The zero-order chi connectivity index (χ0) is 12.1. The Labute approximate surface area is 86.9 Å². The molecule has 7 heteroatoms. The van der Waals surface area contributed by atoms with Crippen LogP contribution in [0.2, 0.25) is 0 Å². The van der Waals surface area contributed by atoms with Gasteiger partial charge in [-0.3, -0.25) is 14.9 Å². The molecule has 88 valence electrons. The van der Waals surface area contributed by atoms with E-state index in [1.807, 2.05) is 0 Å². The maximum atomic E-state index is 11.1. The van der Waals surface area contributed by atoms with Gasteiger partial charge in [0.1, 0.15) is 0 Å². The van der Waals surface area contributed by atoms with Crippen molar-refractivity contribution >= 4 is 11.8 Å². The average molecular weight is 220 g/mol. The third kappa shape index (κ3) is 7.86. The Balaban J connectivity index is 3.85. The van der Waals surface area contributed by atoms with Crippen LogP contribution in [0.15, 0.2) is 0 Å². The summed E-state index contributed by atoms with van der Waals surface area (Å²) >= 11 is 0. The second-order valence-electron chi connectivity index (χ2n) is 3.38. The van der Waals surface area contributed by atoms with E-state index < -0.39 is 23.8 Å². The van der Waals surface area contributed by atoms with Gasteiger partial charge >= 0.3 is 6.10 Å². The van der Waals surface area contributed by atoms with Crippen molar-refractivity contribution in [1.29, 1.82) is 0 Å². The van der Waals surface area contributed by atoms with Crippen LogP contribution in [0.3, 0.4) is 0 Å². The molecule has 1 unspecified atom stereocenters. The van der Waals surface area contributed by atoms with Gasteiger partial charge in [-0.2, -0.15) is 0 Å². The molecule has 0 bridgehead atoms. The van der Waals surface area contributed by atoms with Crippen LogP contribution in [-0.2, 0) is 9.59 Å². The highest BCUT2D eigenvalue weighted by atomic mass is 16.7. The van der Waals surface area contributed by atoms with Crippen LogP contribution in [0.25, 0.3) is 0 Å². The Morgan fingerprint density at radius 3 is 2.33 bits per heavy atom. The van der Waals surface area contributed by atoms with Crippen molar-refractivity contribution in [2.24, 2.45) is 11.7 Å². The summed E-state index contributed by atoms with van der Waals surface area (Å²) in [6.45, 7) is 1.53. The number of hydrogen-bond donors (Lipinski definition) is 5. The van der Waals surface area contributed by atoms with Crippen molar-refractivity contribution in [1.82, 2.24) is 5.32 Å². The number of nitrogens with two attached hydrogens (primary N) is 1. The normalized spacial score (nSPS) is 13.3. The van der Waals surface area contributed by atoms with E-state index in [0.717, 1.165) is 0 Å². The molecule has 0 aromatic rings. The van der Waals surface area contributed by atoms with Gasteiger partial charge in [0.25, 0.3) is 0 Å². The minimum Gasteiger partial charge on any atom is -0.370 e. The minimum atomic E-state index is -3.20. The standard InChI is InChI=1S/C8H16N2O5/c1-5(3-2-4-6(9)11)7(12)10-8(13,14)15/h5,13-15H,2-4H2,1H3,(H2,9,11)(H,10,12). The lowest BCUT2D eigenvalue weighted by Gasteiger charge is -2.18. The summed E-state index contributed by atoms with van der Waals surface area (Å²) in [5, 5.41) is 26.9. The van der Waals surface area contributed by atoms with Crippen molar-refractivity contribution in [3.05, 3.63) is 0 Å². The number of hydrogen-bond acceptors (Lipinski definition) is 5. The molecule has 0 fully saturated rings. The third-order valence-electron chi connectivity index (χ3n) is 1.80. The van der Waals surface area contributed by atoms with Crippen LogP contribution in [0, 0.1) is 5.92 Å². The maximum Gasteiger partial charge on any atom is 0.369 e. The molecule has 0 saturated carbocycles. The first kappa shape index (κ1) is 13.8. The predicted molar refractivity (Wildman–Crippen MR) is 49.7 cm³/mol. The molecule has 0 saturated heterocycles. The van der Waals surface area contributed by atoms with Gasteiger partial charge in [0, 0.05) is 12.3 Å². The minimum absolute atomic E-state index is 0.167. The van der Waals surface area contributed by atoms with Crippen molar-refractivity contribution in [3.8, 4) is 0 Å². The van der Waals surface area contributed by atoms with Crippen LogP contribution in [0.5, 0.6) is 0 Å². The van der Waals surface area contributed by atoms with Crippen molar-refractivity contribution in [2.45, 2.75) is 32.3 Å². The van der Waals surface area contributed by atoms with E-state index in [1.165, 1.54) is 6.92 Å². The molecule has 0 aromatic heterocycles. The second kappa shape index (κ2) is 5.64. The molecule has 7 nitrogen and oxygen atoms in total. The molecule has 0 heterocycles. The molecule has 0 aliphatic heterocycles. The number of aliphatic hydroxyl groups is 3. The number of amides is 2. The summed E-state index contributed by atoms with van der Waals surface area (Å²) in [6, 6.07) is 0. The molecule has 1 atom stereocenters. The summed E-state index contributed by atoms with van der Waals surface area (Å²) in [5.74, 6) is -1.72. The van der Waals surface area contributed by atoms with Crippen molar-refractivity contribution in [2.75, 3.05) is 0 Å². The summed E-state index contributed by atoms with van der Waals surface area (Å²) in [7, 11) is 0. The first-order valence-corrected chi connectivity index (χ1v) is 4.50. The van der Waals surface area contributed by atoms with Crippen LogP contribution >= 0.6 is 0 Å². The first-order chi connectivity index (χ1) is 6.72. The molecule has 0 aliphatic rings. The zero-order valence-corrected chi connectivity index (χ0v) is 8.43. The third-order valence-corrected chi connectivity index (χ3v) is 1.80. The van der Waals surface area contributed by atoms with Crippen LogP contribution in [0.4, 0.5) is 0 Å². The fraction of sp³-hybridized carbons (Fsp3) is 0.750. The Kier molecular flexibility index (Phi) is 5.20. The number of carbonyl (C=O) groups is 2. The van der Waals surface area contributed by atoms with Gasteiger partial charge in [-0.15, -0.1) is 0 Å². The van der Waals surface area contributed by atoms with Gasteiger partial charge in [0.15, 0.2) is 0 Å². The average Bonchev–Trinajstić information content (AvgIpc) is 1.99. The topological polar surface area (TPSA) is 133 Å². The Morgan fingerprint density at radius 1 is 1.40 bits per heavy atom. The highest BCUT2D eigenvalue weighted by Gasteiger charge is 2.24. The Hall–Kier alpha value is -1.18. The number of rotatable bonds is 6. The summed E-state index contributed by atoms with van der Waals surface area (Å²) in [6.07, 6.45) is -2.24.